The molecule has 62 valence electrons. The van der Waals surface area contributed by atoms with Gasteiger partial charge in [-0.3, -0.25) is 0 Å². The van der Waals surface area contributed by atoms with E-state index in [9.17, 15) is 4.57 Å². The van der Waals surface area contributed by atoms with Gasteiger partial charge in [0.25, 0.3) is 0 Å². The van der Waals surface area contributed by atoms with Crippen LogP contribution in [0.3, 0.4) is 0 Å². The Kier molecular flexibility index (Phi) is 3.98. The first-order chi connectivity index (χ1) is 4.45. The second-order valence-corrected chi connectivity index (χ2v) is 7.89. The van der Waals surface area contributed by atoms with Gasteiger partial charge in [-0.1, -0.05) is 27.7 Å². The minimum Gasteiger partial charge on any atom is -0.322 e. The quantitative estimate of drug-likeness (QED) is 0.483. The third-order valence-corrected chi connectivity index (χ3v) is 6.93. The summed E-state index contributed by atoms with van der Waals surface area (Å²) in [6.45, 7) is 7.90. The molecule has 0 aromatic heterocycles. The Labute approximate surface area is 68.5 Å². The fourth-order valence-electron chi connectivity index (χ4n) is 0.872. The highest BCUT2D eigenvalue weighted by atomic mass is 35.5. The number of halogens is 1. The van der Waals surface area contributed by atoms with Crippen LogP contribution in [-0.4, -0.2) is 16.9 Å². The maximum absolute atomic E-state index is 11.8. The molecule has 10 heavy (non-hydrogen) atoms. The molecule has 0 aliphatic heterocycles. The van der Waals surface area contributed by atoms with E-state index < -0.39 is 7.14 Å². The Hall–Kier alpha value is 0.520. The van der Waals surface area contributed by atoms with Crippen LogP contribution < -0.4 is 0 Å². The van der Waals surface area contributed by atoms with Crippen molar-refractivity contribution in [2.75, 3.05) is 5.62 Å². The molecule has 0 aromatic carbocycles. The molecule has 0 aliphatic rings. The minimum absolute atomic E-state index is 0.227. The van der Waals surface area contributed by atoms with Crippen molar-refractivity contribution in [3.05, 3.63) is 0 Å². The molecule has 0 N–H and O–H groups in total. The Bertz CT molecular complexity index is 131. The number of alkyl halides is 1. The van der Waals surface area contributed by atoms with Crippen LogP contribution in [0.4, 0.5) is 0 Å². The first-order valence-corrected chi connectivity index (χ1v) is 6.16. The Morgan fingerprint density at radius 3 is 1.50 bits per heavy atom. The van der Waals surface area contributed by atoms with Crippen molar-refractivity contribution in [1.82, 2.24) is 0 Å². The lowest BCUT2D eigenvalue weighted by molar-refractivity contribution is 0.565. The maximum atomic E-state index is 11.8. The fraction of sp³-hybridized carbons (Fsp3) is 1.00. The van der Waals surface area contributed by atoms with E-state index in [0.717, 1.165) is 0 Å². The van der Waals surface area contributed by atoms with Crippen LogP contribution in [0.2, 0.25) is 0 Å². The topological polar surface area (TPSA) is 17.1 Å². The van der Waals surface area contributed by atoms with Crippen LogP contribution in [0.15, 0.2) is 0 Å². The van der Waals surface area contributed by atoms with Crippen LogP contribution in [0.25, 0.3) is 0 Å². The van der Waals surface area contributed by atoms with Gasteiger partial charge < -0.3 is 4.57 Å². The first-order valence-electron chi connectivity index (χ1n) is 3.59. The van der Waals surface area contributed by atoms with Crippen LogP contribution in [0.1, 0.15) is 27.7 Å². The predicted octanol–water partition coefficient (Wildman–Crippen LogP) is 3.36. The zero-order valence-corrected chi connectivity index (χ0v) is 8.75. The van der Waals surface area contributed by atoms with Gasteiger partial charge >= 0.3 is 0 Å². The van der Waals surface area contributed by atoms with Crippen molar-refractivity contribution in [3.8, 4) is 0 Å². The fourth-order valence-corrected chi connectivity index (χ4v) is 4.27. The summed E-state index contributed by atoms with van der Waals surface area (Å²) in [5.41, 5.74) is 0.775. The van der Waals surface area contributed by atoms with Crippen molar-refractivity contribution >= 4 is 18.7 Å². The highest BCUT2D eigenvalue weighted by Crippen LogP contribution is 2.55. The predicted molar refractivity (Wildman–Crippen MR) is 48.6 cm³/mol. The third-order valence-electron chi connectivity index (χ3n) is 1.94. The van der Waals surface area contributed by atoms with Gasteiger partial charge in [-0.25, -0.2) is 0 Å². The summed E-state index contributed by atoms with van der Waals surface area (Å²) in [5.74, 6) is 0. The first kappa shape index (κ1) is 10.5. The van der Waals surface area contributed by atoms with E-state index in [2.05, 4.69) is 0 Å². The van der Waals surface area contributed by atoms with Gasteiger partial charge in [0.1, 0.15) is 7.14 Å². The summed E-state index contributed by atoms with van der Waals surface area (Å²) >= 11 is 5.64. The van der Waals surface area contributed by atoms with E-state index in [0.29, 0.717) is 5.62 Å². The molecule has 1 nitrogen and oxygen atoms in total. The summed E-state index contributed by atoms with van der Waals surface area (Å²) in [7, 11) is -2.08. The number of hydrogen-bond donors (Lipinski definition) is 0. The van der Waals surface area contributed by atoms with E-state index >= 15 is 0 Å². The van der Waals surface area contributed by atoms with Crippen LogP contribution in [0.5, 0.6) is 0 Å². The smallest absolute Gasteiger partial charge is 0.106 e. The van der Waals surface area contributed by atoms with Crippen molar-refractivity contribution < 1.29 is 4.57 Å². The molecule has 0 radical (unpaired) electrons. The van der Waals surface area contributed by atoms with Crippen molar-refractivity contribution in [2.45, 2.75) is 39.0 Å². The van der Waals surface area contributed by atoms with E-state index in [1.54, 1.807) is 0 Å². The van der Waals surface area contributed by atoms with Crippen molar-refractivity contribution in [1.29, 1.82) is 0 Å². The highest BCUT2D eigenvalue weighted by molar-refractivity contribution is 7.66. The van der Waals surface area contributed by atoms with E-state index in [-0.39, 0.29) is 11.3 Å². The SMILES string of the molecule is CC(C)P(=O)(CCl)C(C)C. The highest BCUT2D eigenvalue weighted by Gasteiger charge is 2.28. The van der Waals surface area contributed by atoms with Gasteiger partial charge in [0.2, 0.25) is 0 Å². The molecule has 0 atom stereocenters. The second kappa shape index (κ2) is 3.78. The molecule has 0 aliphatic carbocycles. The van der Waals surface area contributed by atoms with E-state index in [1.165, 1.54) is 0 Å². The summed E-state index contributed by atoms with van der Waals surface area (Å²) < 4.78 is 11.8. The van der Waals surface area contributed by atoms with Gasteiger partial charge in [0.15, 0.2) is 0 Å². The van der Waals surface area contributed by atoms with E-state index in [4.69, 9.17) is 11.6 Å². The van der Waals surface area contributed by atoms with Crippen LogP contribution in [-0.2, 0) is 4.57 Å². The average molecular weight is 183 g/mol. The molecule has 0 amide bonds. The Morgan fingerprint density at radius 1 is 1.20 bits per heavy atom. The molecule has 0 spiro atoms. The van der Waals surface area contributed by atoms with Gasteiger partial charge in [-0.05, 0) is 0 Å². The monoisotopic (exact) mass is 182 g/mol. The summed E-state index contributed by atoms with van der Waals surface area (Å²) in [4.78, 5) is 0. The molecule has 0 rings (SSSR count). The van der Waals surface area contributed by atoms with Crippen molar-refractivity contribution in [3.63, 3.8) is 0 Å². The van der Waals surface area contributed by atoms with Gasteiger partial charge in [-0.2, -0.15) is 0 Å². The van der Waals surface area contributed by atoms with Crippen LogP contribution in [0, 0.1) is 0 Å². The summed E-state index contributed by atoms with van der Waals surface area (Å²) in [6, 6.07) is 0. The van der Waals surface area contributed by atoms with Crippen LogP contribution >= 0.6 is 18.7 Å². The lowest BCUT2D eigenvalue weighted by Crippen LogP contribution is -2.08. The van der Waals surface area contributed by atoms with E-state index in [1.807, 2.05) is 27.7 Å². The third kappa shape index (κ3) is 2.00. The molecular formula is C7H16ClOP. The summed E-state index contributed by atoms with van der Waals surface area (Å²) in [6.07, 6.45) is 0. The second-order valence-electron chi connectivity index (χ2n) is 3.16. The Morgan fingerprint density at radius 2 is 1.50 bits per heavy atom. The lowest BCUT2D eigenvalue weighted by Gasteiger charge is -2.22. The molecular weight excluding hydrogens is 167 g/mol. The number of hydrogen-bond acceptors (Lipinski definition) is 1. The van der Waals surface area contributed by atoms with Gasteiger partial charge in [0, 0.05) is 11.3 Å². The standard InChI is InChI=1S/C7H16ClOP/c1-6(2)10(9,5-8)7(3)4/h6-7H,5H2,1-4H3. The molecule has 0 bridgehead atoms. The molecule has 0 aromatic rings. The van der Waals surface area contributed by atoms with Gasteiger partial charge in [-0.15, -0.1) is 11.6 Å². The molecule has 0 saturated heterocycles. The molecule has 0 fully saturated rings. The largest absolute Gasteiger partial charge is 0.322 e. The average Bonchev–Trinajstić information content (AvgIpc) is 1.85. The zero-order chi connectivity index (χ0) is 8.36. The maximum Gasteiger partial charge on any atom is 0.106 e. The summed E-state index contributed by atoms with van der Waals surface area (Å²) in [5, 5.41) is 0. The minimum atomic E-state index is -2.08. The van der Waals surface area contributed by atoms with Gasteiger partial charge in [0.05, 0.1) is 5.62 Å². The van der Waals surface area contributed by atoms with Crippen molar-refractivity contribution in [2.24, 2.45) is 0 Å². The molecule has 0 saturated carbocycles. The zero-order valence-electron chi connectivity index (χ0n) is 7.10. The molecule has 0 heterocycles. The lowest BCUT2D eigenvalue weighted by atomic mass is 10.5. The normalized spacial score (nSPS) is 13.1. The Balaban J connectivity index is 4.40. The number of rotatable bonds is 3. The molecule has 3 heteroatoms. The molecule has 0 unspecified atom stereocenters.